The maximum absolute atomic E-state index is 13.1. The largest absolute Gasteiger partial charge is 0.338 e. The molecule has 1 saturated heterocycles. The van der Waals surface area contributed by atoms with E-state index in [1.165, 1.54) is 29.9 Å². The summed E-state index contributed by atoms with van der Waals surface area (Å²) in [6.45, 7) is 4.75. The van der Waals surface area contributed by atoms with Crippen LogP contribution in [-0.2, 0) is 0 Å². The quantitative estimate of drug-likeness (QED) is 0.791. The molecule has 0 unspecified atom stereocenters. The van der Waals surface area contributed by atoms with Gasteiger partial charge in [0.1, 0.15) is 5.82 Å². The lowest BCUT2D eigenvalue weighted by Gasteiger charge is -2.31. The van der Waals surface area contributed by atoms with Gasteiger partial charge in [0.2, 0.25) is 0 Å². The number of halogens is 2. The molecule has 1 amide bonds. The maximum Gasteiger partial charge on any atom is 0.263 e. The molecule has 3 nitrogen and oxygen atoms in total. The Kier molecular flexibility index (Phi) is 7.62. The zero-order chi connectivity index (χ0) is 17.8. The smallest absolute Gasteiger partial charge is 0.263 e. The Morgan fingerprint density at radius 2 is 1.92 bits per heavy atom. The van der Waals surface area contributed by atoms with Gasteiger partial charge >= 0.3 is 0 Å². The molecule has 0 atom stereocenters. The van der Waals surface area contributed by atoms with Crippen molar-refractivity contribution in [2.24, 2.45) is 5.92 Å². The van der Waals surface area contributed by atoms with Gasteiger partial charge in [0.25, 0.3) is 5.91 Å². The van der Waals surface area contributed by atoms with Gasteiger partial charge in [-0.1, -0.05) is 12.1 Å². The molecule has 0 bridgehead atoms. The van der Waals surface area contributed by atoms with Crippen molar-refractivity contribution in [2.45, 2.75) is 26.2 Å². The summed E-state index contributed by atoms with van der Waals surface area (Å²) in [6, 6.07) is 8.42. The molecule has 1 aromatic carbocycles. The van der Waals surface area contributed by atoms with E-state index in [0.29, 0.717) is 0 Å². The molecular weight excluding hydrogens is 371 g/mol. The molecule has 2 heterocycles. The highest BCUT2D eigenvalue weighted by Gasteiger charge is 2.25. The van der Waals surface area contributed by atoms with Crippen molar-refractivity contribution in [3.63, 3.8) is 0 Å². The lowest BCUT2D eigenvalue weighted by atomic mass is 9.93. The predicted octanol–water partition coefficient (Wildman–Crippen LogP) is 4.75. The number of amides is 1. The van der Waals surface area contributed by atoms with Crippen LogP contribution in [0.4, 0.5) is 4.39 Å². The van der Waals surface area contributed by atoms with Crippen molar-refractivity contribution in [1.82, 2.24) is 10.2 Å². The fraction of sp³-hybridized carbons (Fsp3) is 0.450. The van der Waals surface area contributed by atoms with Crippen LogP contribution in [0.15, 0.2) is 30.3 Å². The maximum atomic E-state index is 13.1. The Morgan fingerprint density at radius 3 is 2.54 bits per heavy atom. The fourth-order valence-electron chi connectivity index (χ4n) is 3.43. The number of nitrogens with zero attached hydrogens (tertiary/aromatic N) is 1. The summed E-state index contributed by atoms with van der Waals surface area (Å²) in [7, 11) is 1.98. The zero-order valence-corrected chi connectivity index (χ0v) is 16.9. The molecule has 1 N–H and O–H groups in total. The molecular formula is C20H26ClFN2OS. The highest BCUT2D eigenvalue weighted by atomic mass is 35.5. The van der Waals surface area contributed by atoms with Crippen molar-refractivity contribution in [2.75, 3.05) is 26.7 Å². The van der Waals surface area contributed by atoms with Crippen molar-refractivity contribution in [3.05, 3.63) is 45.9 Å². The van der Waals surface area contributed by atoms with Gasteiger partial charge in [-0.15, -0.1) is 23.7 Å². The monoisotopic (exact) mass is 396 g/mol. The molecule has 1 fully saturated rings. The summed E-state index contributed by atoms with van der Waals surface area (Å²) in [5, 5.41) is 3.20. The van der Waals surface area contributed by atoms with Crippen LogP contribution in [0.5, 0.6) is 0 Å². The van der Waals surface area contributed by atoms with Crippen LogP contribution >= 0.6 is 23.7 Å². The number of carbonyl (C=O) groups excluding carboxylic acids is 1. The second-order valence-electron chi connectivity index (χ2n) is 6.72. The van der Waals surface area contributed by atoms with Crippen molar-refractivity contribution in [3.8, 4) is 11.1 Å². The van der Waals surface area contributed by atoms with Crippen LogP contribution in [0.3, 0.4) is 0 Å². The summed E-state index contributed by atoms with van der Waals surface area (Å²) in [4.78, 5) is 16.7. The van der Waals surface area contributed by atoms with Crippen LogP contribution in [0, 0.1) is 18.7 Å². The first-order chi connectivity index (χ1) is 12.1. The number of hydrogen-bond donors (Lipinski definition) is 1. The molecule has 6 heteroatoms. The third-order valence-electron chi connectivity index (χ3n) is 4.99. The van der Waals surface area contributed by atoms with Gasteiger partial charge in [-0.05, 0) is 75.0 Å². The summed E-state index contributed by atoms with van der Waals surface area (Å²) in [5.41, 5.74) is 1.98. The van der Waals surface area contributed by atoms with E-state index in [1.54, 1.807) is 12.1 Å². The summed E-state index contributed by atoms with van der Waals surface area (Å²) >= 11 is 1.53. The molecule has 0 spiro atoms. The van der Waals surface area contributed by atoms with Crippen molar-refractivity contribution >= 4 is 29.7 Å². The summed E-state index contributed by atoms with van der Waals surface area (Å²) < 4.78 is 13.1. The van der Waals surface area contributed by atoms with Gasteiger partial charge < -0.3 is 10.2 Å². The SMILES string of the molecule is CNCCC1CCN(C(=O)c2cc(-c3ccc(F)cc3)c(C)s2)CC1.Cl. The van der Waals surface area contributed by atoms with E-state index in [2.05, 4.69) is 5.32 Å². The summed E-state index contributed by atoms with van der Waals surface area (Å²) in [6.07, 6.45) is 3.36. The number of likely N-dealkylation sites (tertiary alicyclic amines) is 1. The third kappa shape index (κ3) is 4.84. The standard InChI is InChI=1S/C20H25FN2OS.ClH/c1-14-18(16-3-5-17(21)6-4-16)13-19(25-14)20(24)23-11-8-15(9-12-23)7-10-22-2;/h3-6,13,15,22H,7-12H2,1-2H3;1H. The summed E-state index contributed by atoms with van der Waals surface area (Å²) in [5.74, 6) is 0.610. The van der Waals surface area contributed by atoms with Crippen LogP contribution in [0.2, 0.25) is 0 Å². The first-order valence-corrected chi connectivity index (χ1v) is 9.70. The average Bonchev–Trinajstić information content (AvgIpc) is 3.02. The van der Waals surface area contributed by atoms with E-state index in [-0.39, 0.29) is 24.1 Å². The van der Waals surface area contributed by atoms with Crippen LogP contribution in [0.25, 0.3) is 11.1 Å². The van der Waals surface area contributed by atoms with Crippen LogP contribution in [0.1, 0.15) is 33.8 Å². The number of thiophene rings is 1. The molecule has 0 radical (unpaired) electrons. The molecule has 0 aliphatic carbocycles. The van der Waals surface area contributed by atoms with Crippen LogP contribution in [-0.4, -0.2) is 37.5 Å². The van der Waals surface area contributed by atoms with Gasteiger partial charge in [0.15, 0.2) is 0 Å². The second kappa shape index (κ2) is 9.49. The minimum atomic E-state index is -0.242. The molecule has 3 rings (SSSR count). The lowest BCUT2D eigenvalue weighted by Crippen LogP contribution is -2.38. The van der Waals surface area contributed by atoms with Gasteiger partial charge in [0, 0.05) is 18.0 Å². The Bertz CT molecular complexity index is 724. The fourth-order valence-corrected chi connectivity index (χ4v) is 4.44. The number of carbonyl (C=O) groups is 1. The highest BCUT2D eigenvalue weighted by molar-refractivity contribution is 7.14. The van der Waals surface area contributed by atoms with Crippen LogP contribution < -0.4 is 5.32 Å². The molecule has 2 aromatic rings. The third-order valence-corrected chi connectivity index (χ3v) is 6.03. The number of nitrogens with one attached hydrogen (secondary N) is 1. The first kappa shape index (κ1) is 20.9. The van der Waals surface area contributed by atoms with Gasteiger partial charge in [-0.25, -0.2) is 4.39 Å². The first-order valence-electron chi connectivity index (χ1n) is 8.88. The predicted molar refractivity (Wildman–Crippen MR) is 109 cm³/mol. The minimum Gasteiger partial charge on any atom is -0.338 e. The number of hydrogen-bond acceptors (Lipinski definition) is 3. The Hall–Kier alpha value is -1.43. The van der Waals surface area contributed by atoms with Crippen molar-refractivity contribution in [1.29, 1.82) is 0 Å². The molecule has 0 saturated carbocycles. The molecule has 26 heavy (non-hydrogen) atoms. The highest BCUT2D eigenvalue weighted by Crippen LogP contribution is 2.32. The number of benzene rings is 1. The lowest BCUT2D eigenvalue weighted by molar-refractivity contribution is 0.0692. The van der Waals surface area contributed by atoms with Gasteiger partial charge in [-0.2, -0.15) is 0 Å². The van der Waals surface area contributed by atoms with E-state index < -0.39 is 0 Å². The van der Waals surface area contributed by atoms with E-state index >= 15 is 0 Å². The number of piperidine rings is 1. The number of rotatable bonds is 5. The second-order valence-corrected chi connectivity index (χ2v) is 7.97. The Labute approximate surface area is 165 Å². The van der Waals surface area contributed by atoms with Crippen molar-refractivity contribution < 1.29 is 9.18 Å². The zero-order valence-electron chi connectivity index (χ0n) is 15.3. The number of aryl methyl sites for hydroxylation is 1. The van der Waals surface area contributed by atoms with E-state index in [1.807, 2.05) is 24.9 Å². The normalized spacial score (nSPS) is 15.0. The minimum absolute atomic E-state index is 0. The van der Waals surface area contributed by atoms with E-state index in [9.17, 15) is 9.18 Å². The Morgan fingerprint density at radius 1 is 1.27 bits per heavy atom. The topological polar surface area (TPSA) is 32.3 Å². The molecule has 1 aliphatic rings. The van der Waals surface area contributed by atoms with E-state index in [0.717, 1.165) is 59.3 Å². The van der Waals surface area contributed by atoms with E-state index in [4.69, 9.17) is 0 Å². The molecule has 1 aromatic heterocycles. The molecule has 1 aliphatic heterocycles. The average molecular weight is 397 g/mol. The van der Waals surface area contributed by atoms with Gasteiger partial charge in [0.05, 0.1) is 4.88 Å². The molecule has 142 valence electrons. The Balaban J connectivity index is 0.00000243. The van der Waals surface area contributed by atoms with Gasteiger partial charge in [-0.3, -0.25) is 4.79 Å².